The van der Waals surface area contributed by atoms with E-state index in [4.69, 9.17) is 4.42 Å². The van der Waals surface area contributed by atoms with E-state index in [0.717, 1.165) is 4.47 Å². The van der Waals surface area contributed by atoms with E-state index < -0.39 is 21.9 Å². The molecule has 2 heterocycles. The lowest BCUT2D eigenvalue weighted by atomic mass is 10.1. The van der Waals surface area contributed by atoms with Gasteiger partial charge in [-0.25, -0.2) is 8.42 Å². The van der Waals surface area contributed by atoms with Crippen molar-refractivity contribution < 1.29 is 31.0 Å². The van der Waals surface area contributed by atoms with Crippen molar-refractivity contribution in [2.24, 2.45) is 0 Å². The Balaban J connectivity index is 1.56. The molecule has 0 aliphatic carbocycles. The van der Waals surface area contributed by atoms with E-state index in [0.29, 0.717) is 21.8 Å². The molecule has 1 fully saturated rings. The Kier molecular flexibility index (Phi) is 6.62. The number of halogens is 4. The molecule has 0 bridgehead atoms. The molecule has 0 saturated carbocycles. The first-order valence-electron chi connectivity index (χ1n) is 9.97. The van der Waals surface area contributed by atoms with Crippen molar-refractivity contribution in [2.75, 3.05) is 29.6 Å². The van der Waals surface area contributed by atoms with Gasteiger partial charge in [-0.05, 0) is 42.0 Å². The highest BCUT2D eigenvalue weighted by atomic mass is 79.9. The molecule has 4 rings (SSSR count). The first-order chi connectivity index (χ1) is 16.0. The van der Waals surface area contributed by atoms with Gasteiger partial charge in [0.1, 0.15) is 12.2 Å². The Bertz CT molecular complexity index is 1270. The number of nitrogens with zero attached hydrogens (tertiary/aromatic N) is 5. The van der Waals surface area contributed by atoms with E-state index in [2.05, 4.69) is 26.1 Å². The van der Waals surface area contributed by atoms with E-state index in [1.807, 2.05) is 0 Å². The Morgan fingerprint density at radius 1 is 1.03 bits per heavy atom. The Hall–Kier alpha value is -3.00. The van der Waals surface area contributed by atoms with Crippen LogP contribution < -0.4 is 5.01 Å². The van der Waals surface area contributed by atoms with Gasteiger partial charge < -0.3 is 4.42 Å². The zero-order valence-electron chi connectivity index (χ0n) is 17.4. The fourth-order valence-corrected chi connectivity index (χ4v) is 4.72. The SMILES string of the molecule is O=[N+](N1CCS(=O)(=O)CC1)N(Cc1ccc(-c2nnc(C(F)(F)F)o2)cc1)c1ccc(Br)cc1. The average molecular weight is 561 g/mol. The van der Waals surface area contributed by atoms with Crippen LogP contribution in [0.4, 0.5) is 18.9 Å². The summed E-state index contributed by atoms with van der Waals surface area (Å²) in [6, 6.07) is 13.3. The summed E-state index contributed by atoms with van der Waals surface area (Å²) >= 11 is 3.35. The van der Waals surface area contributed by atoms with Gasteiger partial charge in [0.25, 0.3) is 4.98 Å². The second-order valence-electron chi connectivity index (χ2n) is 7.50. The molecule has 3 aromatic rings. The lowest BCUT2D eigenvalue weighted by molar-refractivity contribution is -0.717. The third-order valence-electron chi connectivity index (χ3n) is 5.09. The van der Waals surface area contributed by atoms with Crippen molar-refractivity contribution in [3.63, 3.8) is 0 Å². The van der Waals surface area contributed by atoms with Gasteiger partial charge in [-0.15, -0.1) is 15.2 Å². The fourth-order valence-electron chi connectivity index (χ4n) is 3.27. The van der Waals surface area contributed by atoms with Gasteiger partial charge in [-0.1, -0.05) is 33.1 Å². The van der Waals surface area contributed by atoms with E-state index in [1.165, 1.54) is 22.2 Å². The number of sulfone groups is 1. The van der Waals surface area contributed by atoms with Crippen LogP contribution in [0.1, 0.15) is 11.5 Å². The summed E-state index contributed by atoms with van der Waals surface area (Å²) in [4.78, 5) is 13.9. The van der Waals surface area contributed by atoms with Gasteiger partial charge in [0.05, 0.1) is 29.5 Å². The molecule has 1 aliphatic heterocycles. The molecule has 2 aromatic carbocycles. The topological polar surface area (TPSA) is 99.6 Å². The molecule has 0 amide bonds. The molecule has 0 N–H and O–H groups in total. The number of rotatable bonds is 6. The molecule has 180 valence electrons. The molecule has 1 saturated heterocycles. The molecule has 0 spiro atoms. The lowest BCUT2D eigenvalue weighted by Gasteiger charge is -2.24. The van der Waals surface area contributed by atoms with E-state index in [1.54, 1.807) is 36.4 Å². The molecule has 0 radical (unpaired) electrons. The molecule has 9 nitrogen and oxygen atoms in total. The van der Waals surface area contributed by atoms with Gasteiger partial charge in [0.2, 0.25) is 5.89 Å². The van der Waals surface area contributed by atoms with Gasteiger partial charge in [0.15, 0.2) is 9.84 Å². The van der Waals surface area contributed by atoms with Crippen LogP contribution in [0.25, 0.3) is 11.5 Å². The van der Waals surface area contributed by atoms with Crippen molar-refractivity contribution >= 4 is 31.5 Å². The Morgan fingerprint density at radius 3 is 2.21 bits per heavy atom. The van der Waals surface area contributed by atoms with Gasteiger partial charge in [0, 0.05) is 10.0 Å². The minimum absolute atomic E-state index is 0.0660. The number of anilines is 1. The molecule has 34 heavy (non-hydrogen) atoms. The Morgan fingerprint density at radius 2 is 1.65 bits per heavy atom. The first-order valence-corrected chi connectivity index (χ1v) is 12.6. The largest absolute Gasteiger partial charge is 0.470 e. The molecule has 1 aliphatic rings. The number of alkyl halides is 3. The van der Waals surface area contributed by atoms with Crippen LogP contribution >= 0.6 is 15.9 Å². The maximum absolute atomic E-state index is 13.2. The lowest BCUT2D eigenvalue weighted by Crippen LogP contribution is -2.51. The molecule has 14 heteroatoms. The third-order valence-corrected chi connectivity index (χ3v) is 7.23. The summed E-state index contributed by atoms with van der Waals surface area (Å²) < 4.78 is 67.1. The summed E-state index contributed by atoms with van der Waals surface area (Å²) in [7, 11) is -3.16. The highest BCUT2D eigenvalue weighted by Crippen LogP contribution is 2.30. The maximum atomic E-state index is 13.2. The molecular weight excluding hydrogens is 543 g/mol. The van der Waals surface area contributed by atoms with Crippen molar-refractivity contribution in [2.45, 2.75) is 12.7 Å². The summed E-state index contributed by atoms with van der Waals surface area (Å²) in [5, 5.41) is 9.30. The normalized spacial score (nSPS) is 15.8. The van der Waals surface area contributed by atoms with Gasteiger partial charge >= 0.3 is 12.1 Å². The number of benzene rings is 2. The predicted molar refractivity (Wildman–Crippen MR) is 119 cm³/mol. The standard InChI is InChI=1S/C20H18BrF3N5O4S/c21-16-5-7-17(8-6-16)28(29(30)27-9-11-34(31,32)12-10-27)13-14-1-3-15(4-2-14)18-25-26-19(33-18)20(22,23)24/h1-8H,9-13H2/q+1. The van der Waals surface area contributed by atoms with Crippen LogP contribution in [0, 0.1) is 4.91 Å². The van der Waals surface area contributed by atoms with Crippen LogP contribution in [-0.4, -0.2) is 53.2 Å². The first kappa shape index (κ1) is 24.1. The van der Waals surface area contributed by atoms with Crippen molar-refractivity contribution in [1.29, 1.82) is 0 Å². The Labute approximate surface area is 200 Å². The highest BCUT2D eigenvalue weighted by molar-refractivity contribution is 9.10. The molecule has 0 atom stereocenters. The smallest absolute Gasteiger partial charge is 0.413 e. The van der Waals surface area contributed by atoms with Crippen LogP contribution in [0.5, 0.6) is 0 Å². The summed E-state index contributed by atoms with van der Waals surface area (Å²) in [6.07, 6.45) is -4.73. The number of nitroso groups, excluding NO2 is 1. The summed E-state index contributed by atoms with van der Waals surface area (Å²) in [6.45, 7) is 0.249. The van der Waals surface area contributed by atoms with Crippen molar-refractivity contribution in [1.82, 2.24) is 15.2 Å². The maximum Gasteiger partial charge on any atom is 0.470 e. The highest BCUT2D eigenvalue weighted by Gasteiger charge is 2.38. The van der Waals surface area contributed by atoms with Crippen LogP contribution in [0.15, 0.2) is 57.4 Å². The van der Waals surface area contributed by atoms with Gasteiger partial charge in [-0.2, -0.15) is 13.2 Å². The van der Waals surface area contributed by atoms with Crippen LogP contribution in [0.3, 0.4) is 0 Å². The summed E-state index contributed by atoms with van der Waals surface area (Å²) in [5.74, 6) is -1.93. The van der Waals surface area contributed by atoms with Crippen LogP contribution in [0.2, 0.25) is 0 Å². The number of hydrazine groups is 2. The molecule has 0 unspecified atom stereocenters. The average Bonchev–Trinajstić information content (AvgIpc) is 3.29. The monoisotopic (exact) mass is 560 g/mol. The fraction of sp³-hybridized carbons (Fsp3) is 0.300. The van der Waals surface area contributed by atoms with Crippen molar-refractivity contribution in [3.05, 3.63) is 69.4 Å². The second-order valence-corrected chi connectivity index (χ2v) is 10.7. The van der Waals surface area contributed by atoms with Crippen molar-refractivity contribution in [3.8, 4) is 11.5 Å². The second kappa shape index (κ2) is 9.33. The predicted octanol–water partition coefficient (Wildman–Crippen LogP) is 3.86. The van der Waals surface area contributed by atoms with E-state index in [-0.39, 0.29) is 37.0 Å². The quantitative estimate of drug-likeness (QED) is 0.331. The zero-order valence-corrected chi connectivity index (χ0v) is 19.8. The van der Waals surface area contributed by atoms with Crippen LogP contribution in [-0.2, 0) is 22.6 Å². The van der Waals surface area contributed by atoms with E-state index in [9.17, 15) is 26.5 Å². The minimum Gasteiger partial charge on any atom is -0.413 e. The van der Waals surface area contributed by atoms with E-state index >= 15 is 0 Å². The third kappa shape index (κ3) is 5.55. The summed E-state index contributed by atoms with van der Waals surface area (Å²) in [5.41, 5.74) is 1.54. The number of aromatic nitrogens is 2. The molecule has 1 aromatic heterocycles. The number of hydrogen-bond donors (Lipinski definition) is 0. The number of hydrogen-bond acceptors (Lipinski definition) is 6. The molecular formula is C20H18BrF3N5O4S+. The minimum atomic E-state index is -4.73. The van der Waals surface area contributed by atoms with Gasteiger partial charge in [-0.3, -0.25) is 0 Å². The zero-order chi connectivity index (χ0) is 24.5.